The van der Waals surface area contributed by atoms with Crippen LogP contribution in [0.4, 0.5) is 0 Å². The number of nitrogens with zero attached hydrogens (tertiary/aromatic N) is 1. The third-order valence-electron chi connectivity index (χ3n) is 4.80. The highest BCUT2D eigenvalue weighted by atomic mass is 31.1. The molecule has 2 aromatic carbocycles. The normalized spacial score (nSPS) is 12.8. The van der Waals surface area contributed by atoms with Gasteiger partial charge in [-0.2, -0.15) is 0 Å². The SMILES string of the molecule is COc1ccc(C(NC(=O)c2cnc(/C(N)=C/C=C\N)[nH]c2=O)c2ccc(PO)cc2)cc1. The number of hydrogen-bond donors (Lipinski definition) is 5. The van der Waals surface area contributed by atoms with E-state index >= 15 is 0 Å². The standard InChI is InChI=1S/C23H24N5O4P/c1-32-16-8-4-14(5-9-16)20(15-6-10-17(33-31)11-7-15)27-22(29)18-13-26-21(28-23(18)30)19(25)3-2-12-24/h2-13,20,31,33H,24-25H2,1H3,(H,27,29)(H,26,28,30)/b12-2-,19-3-. The van der Waals surface area contributed by atoms with E-state index in [0.29, 0.717) is 5.75 Å². The molecule has 0 saturated carbocycles. The number of H-pyrrole nitrogens is 1. The molecule has 0 fully saturated rings. The number of nitrogens with two attached hydrogens (primary N) is 2. The molecule has 0 radical (unpaired) electrons. The first-order valence-corrected chi connectivity index (χ1v) is 10.8. The van der Waals surface area contributed by atoms with Gasteiger partial charge in [-0.25, -0.2) is 4.98 Å². The summed E-state index contributed by atoms with van der Waals surface area (Å²) in [6.45, 7) is 0. The molecular weight excluding hydrogens is 441 g/mol. The Balaban J connectivity index is 1.93. The number of rotatable bonds is 8. The van der Waals surface area contributed by atoms with Gasteiger partial charge in [0.15, 0.2) is 5.82 Å². The van der Waals surface area contributed by atoms with Crippen molar-refractivity contribution in [1.82, 2.24) is 15.3 Å². The molecule has 0 aliphatic rings. The Bertz CT molecular complexity index is 1170. The van der Waals surface area contributed by atoms with Crippen LogP contribution in [-0.2, 0) is 0 Å². The number of ether oxygens (including phenoxy) is 1. The summed E-state index contributed by atoms with van der Waals surface area (Å²) >= 11 is 0. The van der Waals surface area contributed by atoms with Crippen LogP contribution in [0.5, 0.6) is 5.75 Å². The van der Waals surface area contributed by atoms with Crippen LogP contribution in [0.1, 0.15) is 33.4 Å². The van der Waals surface area contributed by atoms with Crippen LogP contribution in [0, 0.1) is 0 Å². The van der Waals surface area contributed by atoms with Crippen molar-refractivity contribution in [2.45, 2.75) is 6.04 Å². The van der Waals surface area contributed by atoms with E-state index < -0.39 is 17.5 Å². The van der Waals surface area contributed by atoms with Crippen LogP contribution < -0.4 is 32.4 Å². The van der Waals surface area contributed by atoms with Crippen LogP contribution in [-0.4, -0.2) is 27.9 Å². The molecule has 3 aromatic rings. The zero-order valence-electron chi connectivity index (χ0n) is 17.8. The summed E-state index contributed by atoms with van der Waals surface area (Å²) in [5.74, 6) is 0.197. The summed E-state index contributed by atoms with van der Waals surface area (Å²) in [4.78, 5) is 41.5. The molecule has 9 nitrogen and oxygen atoms in total. The molecule has 10 heteroatoms. The fraction of sp³-hybridized carbons (Fsp3) is 0.0870. The number of carbonyl (C=O) groups excluding carboxylic acids is 1. The van der Waals surface area contributed by atoms with Crippen molar-refractivity contribution in [3.8, 4) is 5.75 Å². The predicted octanol–water partition coefficient (Wildman–Crippen LogP) is 1.28. The number of carbonyl (C=O) groups is 1. The zero-order valence-corrected chi connectivity index (χ0v) is 18.8. The first kappa shape index (κ1) is 23.7. The van der Waals surface area contributed by atoms with Crippen molar-refractivity contribution in [1.29, 1.82) is 0 Å². The zero-order chi connectivity index (χ0) is 23.8. The molecule has 1 amide bonds. The highest BCUT2D eigenvalue weighted by Gasteiger charge is 2.20. The van der Waals surface area contributed by atoms with Crippen LogP contribution in [0.25, 0.3) is 5.70 Å². The van der Waals surface area contributed by atoms with E-state index in [0.717, 1.165) is 16.4 Å². The molecule has 2 atom stereocenters. The van der Waals surface area contributed by atoms with Gasteiger partial charge in [-0.05, 0) is 46.9 Å². The van der Waals surface area contributed by atoms with Gasteiger partial charge in [0.1, 0.15) is 11.3 Å². The van der Waals surface area contributed by atoms with Crippen LogP contribution >= 0.6 is 8.81 Å². The van der Waals surface area contributed by atoms with Gasteiger partial charge in [0, 0.05) is 15.0 Å². The molecule has 170 valence electrons. The van der Waals surface area contributed by atoms with Crippen LogP contribution in [0.2, 0.25) is 0 Å². The number of aromatic amines is 1. The van der Waals surface area contributed by atoms with Gasteiger partial charge in [0.05, 0.1) is 18.8 Å². The van der Waals surface area contributed by atoms with Crippen molar-refractivity contribution in [2.24, 2.45) is 11.5 Å². The Kier molecular flexibility index (Phi) is 7.96. The summed E-state index contributed by atoms with van der Waals surface area (Å²) < 4.78 is 5.21. The Morgan fingerprint density at radius 3 is 2.36 bits per heavy atom. The molecule has 0 saturated heterocycles. The number of aromatic nitrogens is 2. The van der Waals surface area contributed by atoms with Gasteiger partial charge >= 0.3 is 0 Å². The maximum atomic E-state index is 13.0. The van der Waals surface area contributed by atoms with Crippen molar-refractivity contribution < 1.29 is 14.4 Å². The molecule has 33 heavy (non-hydrogen) atoms. The molecule has 0 bridgehead atoms. The lowest BCUT2D eigenvalue weighted by Gasteiger charge is -2.20. The fourth-order valence-corrected chi connectivity index (χ4v) is 3.37. The maximum Gasteiger partial charge on any atom is 0.264 e. The number of methoxy groups -OCH3 is 1. The number of amides is 1. The minimum absolute atomic E-state index is 0.127. The third-order valence-corrected chi connectivity index (χ3v) is 5.39. The van der Waals surface area contributed by atoms with Gasteiger partial charge in [-0.1, -0.05) is 36.4 Å². The van der Waals surface area contributed by atoms with Crippen LogP contribution in [0.3, 0.4) is 0 Å². The Hall–Kier alpha value is -3.94. The van der Waals surface area contributed by atoms with Gasteiger partial charge in [-0.3, -0.25) is 9.59 Å². The Morgan fingerprint density at radius 2 is 1.82 bits per heavy atom. The van der Waals surface area contributed by atoms with Crippen molar-refractivity contribution in [3.05, 3.63) is 106 Å². The van der Waals surface area contributed by atoms with Gasteiger partial charge in [-0.15, -0.1) is 0 Å². The minimum Gasteiger partial charge on any atom is -0.497 e. The third kappa shape index (κ3) is 5.85. The first-order valence-electron chi connectivity index (χ1n) is 9.85. The smallest absolute Gasteiger partial charge is 0.264 e. The molecule has 3 rings (SSSR count). The molecule has 0 spiro atoms. The van der Waals surface area contributed by atoms with Crippen molar-refractivity contribution in [3.63, 3.8) is 0 Å². The van der Waals surface area contributed by atoms with Crippen molar-refractivity contribution in [2.75, 3.05) is 7.11 Å². The monoisotopic (exact) mass is 465 g/mol. The van der Waals surface area contributed by atoms with E-state index in [-0.39, 0.29) is 25.9 Å². The van der Waals surface area contributed by atoms with Crippen LogP contribution in [0.15, 0.2) is 77.9 Å². The van der Waals surface area contributed by atoms with Crippen molar-refractivity contribution >= 4 is 25.7 Å². The maximum absolute atomic E-state index is 13.0. The summed E-state index contributed by atoms with van der Waals surface area (Å²) in [5.41, 5.74) is 12.1. The largest absolute Gasteiger partial charge is 0.497 e. The van der Waals surface area contributed by atoms with E-state index in [4.69, 9.17) is 16.2 Å². The number of nitrogens with one attached hydrogen (secondary N) is 2. The topological polar surface area (TPSA) is 156 Å². The van der Waals surface area contributed by atoms with Gasteiger partial charge < -0.3 is 31.4 Å². The lowest BCUT2D eigenvalue weighted by atomic mass is 9.98. The molecule has 2 unspecified atom stereocenters. The second kappa shape index (κ2) is 11.1. The summed E-state index contributed by atoms with van der Waals surface area (Å²) in [6.07, 6.45) is 5.45. The predicted molar refractivity (Wildman–Crippen MR) is 129 cm³/mol. The number of allylic oxidation sites excluding steroid dienone is 2. The summed E-state index contributed by atoms with van der Waals surface area (Å²) in [6, 6.07) is 13.9. The van der Waals surface area contributed by atoms with Gasteiger partial charge in [0.2, 0.25) is 0 Å². The molecule has 7 N–H and O–H groups in total. The molecular formula is C23H24N5O4P. The number of hydrogen-bond acceptors (Lipinski definition) is 7. The van der Waals surface area contributed by atoms with E-state index in [1.165, 1.54) is 24.5 Å². The van der Waals surface area contributed by atoms with E-state index in [1.807, 2.05) is 24.3 Å². The molecule has 1 aromatic heterocycles. The van der Waals surface area contributed by atoms with E-state index in [1.54, 1.807) is 31.4 Å². The number of benzene rings is 2. The molecule has 0 aliphatic carbocycles. The second-order valence-electron chi connectivity index (χ2n) is 6.89. The first-order chi connectivity index (χ1) is 16.0. The average molecular weight is 465 g/mol. The highest BCUT2D eigenvalue weighted by molar-refractivity contribution is 7.40. The lowest BCUT2D eigenvalue weighted by Crippen LogP contribution is -2.34. The van der Waals surface area contributed by atoms with E-state index in [2.05, 4.69) is 15.3 Å². The molecule has 0 aliphatic heterocycles. The average Bonchev–Trinajstić information content (AvgIpc) is 2.85. The summed E-state index contributed by atoms with van der Waals surface area (Å²) in [5, 5.41) is 3.66. The Morgan fingerprint density at radius 1 is 1.18 bits per heavy atom. The highest BCUT2D eigenvalue weighted by Crippen LogP contribution is 2.25. The van der Waals surface area contributed by atoms with E-state index in [9.17, 15) is 14.5 Å². The minimum atomic E-state index is -0.629. The molecule has 1 heterocycles. The second-order valence-corrected chi connectivity index (χ2v) is 7.70. The Labute approximate surface area is 192 Å². The summed E-state index contributed by atoms with van der Waals surface area (Å²) in [7, 11) is 1.24. The lowest BCUT2D eigenvalue weighted by molar-refractivity contribution is 0.0941. The fourth-order valence-electron chi connectivity index (χ4n) is 3.06. The quantitative estimate of drug-likeness (QED) is 0.248. The van der Waals surface area contributed by atoms with Gasteiger partial charge in [0.25, 0.3) is 11.5 Å².